The van der Waals surface area contributed by atoms with Gasteiger partial charge in [0.25, 0.3) is 5.91 Å². The highest BCUT2D eigenvalue weighted by Crippen LogP contribution is 2.38. The number of thiazole rings is 1. The quantitative estimate of drug-likeness (QED) is 0.212. The first kappa shape index (κ1) is 19.8. The van der Waals surface area contributed by atoms with Crippen molar-refractivity contribution in [2.24, 2.45) is 5.10 Å². The van der Waals surface area contributed by atoms with Gasteiger partial charge in [-0.05, 0) is 29.8 Å². The van der Waals surface area contributed by atoms with E-state index in [-0.39, 0.29) is 5.82 Å². The monoisotopic (exact) mass is 465 g/mol. The van der Waals surface area contributed by atoms with Crippen molar-refractivity contribution in [3.63, 3.8) is 0 Å². The van der Waals surface area contributed by atoms with Crippen molar-refractivity contribution in [2.75, 3.05) is 5.01 Å². The number of halogens is 2. The fourth-order valence-electron chi connectivity index (χ4n) is 3.08. The molecule has 0 spiro atoms. The van der Waals surface area contributed by atoms with E-state index in [1.807, 2.05) is 54.6 Å². The molecular formula is C23H13ClFN3OS2. The standard InChI is InChI=1S/C23H13ClFN3OS2/c24-20-16-8-4-5-9-18(16)30-21(20)22(29)28(26-13-14-6-2-1-3-7-14)23-27-17-11-10-15(25)12-19(17)31-23/h1-13H/b26-13+. The van der Waals surface area contributed by atoms with E-state index in [2.05, 4.69) is 10.1 Å². The van der Waals surface area contributed by atoms with E-state index in [1.54, 1.807) is 12.3 Å². The Morgan fingerprint density at radius 2 is 1.77 bits per heavy atom. The molecule has 5 rings (SSSR count). The van der Waals surface area contributed by atoms with Gasteiger partial charge in [-0.1, -0.05) is 71.5 Å². The molecule has 5 aromatic rings. The molecule has 4 nitrogen and oxygen atoms in total. The number of hydrazone groups is 1. The molecule has 0 unspecified atom stereocenters. The number of benzene rings is 3. The third-order valence-electron chi connectivity index (χ3n) is 4.56. The van der Waals surface area contributed by atoms with Crippen LogP contribution in [-0.4, -0.2) is 17.1 Å². The molecule has 8 heteroatoms. The molecule has 3 aromatic carbocycles. The van der Waals surface area contributed by atoms with Crippen LogP contribution in [-0.2, 0) is 0 Å². The Labute approximate surface area is 189 Å². The van der Waals surface area contributed by atoms with Crippen molar-refractivity contribution in [3.05, 3.63) is 94.1 Å². The van der Waals surface area contributed by atoms with E-state index in [4.69, 9.17) is 11.6 Å². The fourth-order valence-corrected chi connectivity index (χ4v) is 5.46. The van der Waals surface area contributed by atoms with E-state index >= 15 is 0 Å². The van der Waals surface area contributed by atoms with Gasteiger partial charge < -0.3 is 0 Å². The largest absolute Gasteiger partial charge is 0.292 e. The van der Waals surface area contributed by atoms with Crippen molar-refractivity contribution in [1.29, 1.82) is 0 Å². The SMILES string of the molecule is O=C(c1sc2ccccc2c1Cl)N(/N=C/c1ccccc1)c1nc2ccc(F)cc2s1. The average Bonchev–Trinajstić information content (AvgIpc) is 3.35. The maximum absolute atomic E-state index is 13.7. The van der Waals surface area contributed by atoms with Gasteiger partial charge in [0.05, 0.1) is 21.5 Å². The van der Waals surface area contributed by atoms with Gasteiger partial charge in [0.1, 0.15) is 10.7 Å². The topological polar surface area (TPSA) is 45.6 Å². The van der Waals surface area contributed by atoms with Crippen LogP contribution in [0.2, 0.25) is 5.02 Å². The van der Waals surface area contributed by atoms with Crippen molar-refractivity contribution in [2.45, 2.75) is 0 Å². The summed E-state index contributed by atoms with van der Waals surface area (Å²) in [5, 5.41) is 7.20. The summed E-state index contributed by atoms with van der Waals surface area (Å²) in [6.45, 7) is 0. The van der Waals surface area contributed by atoms with Crippen molar-refractivity contribution >= 4 is 71.8 Å². The van der Waals surface area contributed by atoms with Crippen molar-refractivity contribution < 1.29 is 9.18 Å². The number of amides is 1. The Bertz CT molecular complexity index is 1450. The van der Waals surface area contributed by atoms with Crippen LogP contribution in [0.4, 0.5) is 9.52 Å². The molecule has 0 atom stereocenters. The van der Waals surface area contributed by atoms with Crippen LogP contribution in [0.15, 0.2) is 77.9 Å². The maximum atomic E-state index is 13.7. The Balaban J connectivity index is 1.62. The van der Waals surface area contributed by atoms with Gasteiger partial charge in [-0.25, -0.2) is 9.37 Å². The van der Waals surface area contributed by atoms with Crippen LogP contribution < -0.4 is 5.01 Å². The fraction of sp³-hybridized carbons (Fsp3) is 0. The number of carbonyl (C=O) groups is 1. The van der Waals surface area contributed by atoms with Gasteiger partial charge in [-0.15, -0.1) is 11.3 Å². The lowest BCUT2D eigenvalue weighted by Gasteiger charge is -2.13. The molecular weight excluding hydrogens is 453 g/mol. The lowest BCUT2D eigenvalue weighted by molar-refractivity contribution is 0.0992. The Morgan fingerprint density at radius 1 is 1.00 bits per heavy atom. The minimum Gasteiger partial charge on any atom is -0.266 e. The lowest BCUT2D eigenvalue weighted by Crippen LogP contribution is -2.25. The summed E-state index contributed by atoms with van der Waals surface area (Å²) in [5.41, 5.74) is 1.42. The van der Waals surface area contributed by atoms with Gasteiger partial charge in [0.2, 0.25) is 5.13 Å². The minimum absolute atomic E-state index is 0.339. The highest BCUT2D eigenvalue weighted by atomic mass is 35.5. The summed E-state index contributed by atoms with van der Waals surface area (Å²) >= 11 is 9.04. The smallest absolute Gasteiger partial charge is 0.266 e. The minimum atomic E-state index is -0.391. The molecule has 152 valence electrons. The molecule has 0 fully saturated rings. The Hall–Kier alpha value is -3.13. The van der Waals surface area contributed by atoms with Crippen LogP contribution in [0.3, 0.4) is 0 Å². The van der Waals surface area contributed by atoms with E-state index in [0.717, 1.165) is 15.6 Å². The first-order valence-electron chi connectivity index (χ1n) is 9.27. The number of hydrogen-bond acceptors (Lipinski definition) is 5. The number of carbonyl (C=O) groups excluding carboxylic acids is 1. The molecule has 0 saturated carbocycles. The summed E-state index contributed by atoms with van der Waals surface area (Å²) in [6.07, 6.45) is 1.59. The van der Waals surface area contributed by atoms with Gasteiger partial charge in [-0.2, -0.15) is 10.1 Å². The van der Waals surface area contributed by atoms with Crippen LogP contribution in [0, 0.1) is 5.82 Å². The lowest BCUT2D eigenvalue weighted by atomic mass is 10.2. The number of anilines is 1. The second-order valence-electron chi connectivity index (χ2n) is 6.62. The van der Waals surface area contributed by atoms with Crippen LogP contribution in [0.5, 0.6) is 0 Å². The van der Waals surface area contributed by atoms with Gasteiger partial charge in [0.15, 0.2) is 0 Å². The van der Waals surface area contributed by atoms with Crippen molar-refractivity contribution in [3.8, 4) is 0 Å². The van der Waals surface area contributed by atoms with Crippen LogP contribution >= 0.6 is 34.3 Å². The van der Waals surface area contributed by atoms with E-state index < -0.39 is 5.91 Å². The van der Waals surface area contributed by atoms with Gasteiger partial charge in [-0.3, -0.25) is 4.79 Å². The first-order valence-corrected chi connectivity index (χ1v) is 11.3. The Kier molecular flexibility index (Phi) is 5.23. The summed E-state index contributed by atoms with van der Waals surface area (Å²) in [7, 11) is 0. The molecule has 1 amide bonds. The van der Waals surface area contributed by atoms with Crippen LogP contribution in [0.25, 0.3) is 20.3 Å². The average molecular weight is 466 g/mol. The molecule has 0 aliphatic rings. The summed E-state index contributed by atoms with van der Waals surface area (Å²) < 4.78 is 15.2. The molecule has 2 heterocycles. The van der Waals surface area contributed by atoms with Gasteiger partial charge in [0, 0.05) is 10.1 Å². The van der Waals surface area contributed by atoms with Crippen LogP contribution in [0.1, 0.15) is 15.2 Å². The molecule has 0 aliphatic heterocycles. The third kappa shape index (κ3) is 3.83. The molecule has 0 bridgehead atoms. The zero-order valence-electron chi connectivity index (χ0n) is 15.8. The zero-order chi connectivity index (χ0) is 21.4. The molecule has 0 radical (unpaired) electrons. The molecule has 2 aromatic heterocycles. The maximum Gasteiger partial charge on any atom is 0.292 e. The third-order valence-corrected chi connectivity index (χ3v) is 7.22. The van der Waals surface area contributed by atoms with E-state index in [1.165, 1.54) is 39.8 Å². The number of rotatable bonds is 4. The molecule has 0 aliphatic carbocycles. The number of thiophene rings is 1. The van der Waals surface area contributed by atoms with Crippen molar-refractivity contribution in [1.82, 2.24) is 4.98 Å². The Morgan fingerprint density at radius 3 is 2.58 bits per heavy atom. The zero-order valence-corrected chi connectivity index (χ0v) is 18.2. The molecule has 31 heavy (non-hydrogen) atoms. The predicted molar refractivity (Wildman–Crippen MR) is 127 cm³/mol. The van der Waals surface area contributed by atoms with Gasteiger partial charge >= 0.3 is 0 Å². The summed E-state index contributed by atoms with van der Waals surface area (Å²) in [4.78, 5) is 18.4. The number of aromatic nitrogens is 1. The summed E-state index contributed by atoms with van der Waals surface area (Å²) in [6, 6.07) is 21.3. The number of fused-ring (bicyclic) bond motifs is 2. The second kappa shape index (κ2) is 8.19. The molecule has 0 saturated heterocycles. The molecule has 0 N–H and O–H groups in total. The predicted octanol–water partition coefficient (Wildman–Crippen LogP) is 6.98. The van der Waals surface area contributed by atoms with E-state index in [0.29, 0.717) is 25.2 Å². The summed E-state index contributed by atoms with van der Waals surface area (Å²) in [5.74, 6) is -0.751. The number of nitrogens with zero attached hydrogens (tertiary/aromatic N) is 3. The normalized spacial score (nSPS) is 11.5. The number of hydrogen-bond donors (Lipinski definition) is 0. The highest BCUT2D eigenvalue weighted by molar-refractivity contribution is 7.23. The first-order chi connectivity index (χ1) is 15.1. The second-order valence-corrected chi connectivity index (χ2v) is 9.06. The van der Waals surface area contributed by atoms with E-state index in [9.17, 15) is 9.18 Å². The highest BCUT2D eigenvalue weighted by Gasteiger charge is 2.26.